The van der Waals surface area contributed by atoms with Crippen molar-refractivity contribution in [2.75, 3.05) is 0 Å². The maximum Gasteiger partial charge on any atom is 0.419 e. The van der Waals surface area contributed by atoms with Crippen molar-refractivity contribution in [3.8, 4) is 0 Å². The first-order valence-electron chi connectivity index (χ1n) is 5.79. The first kappa shape index (κ1) is 10.3. The van der Waals surface area contributed by atoms with E-state index >= 15 is 0 Å². The Labute approximate surface area is 97.8 Å². The molecule has 4 nitrogen and oxygen atoms in total. The minimum atomic E-state index is -0.326. The number of hydrogen-bond donors (Lipinski definition) is 0. The summed E-state index contributed by atoms with van der Waals surface area (Å²) in [6.07, 6.45) is 2.37. The molecule has 17 heavy (non-hydrogen) atoms. The lowest BCUT2D eigenvalue weighted by Gasteiger charge is -2.00. The Morgan fingerprint density at radius 1 is 1.47 bits per heavy atom. The van der Waals surface area contributed by atoms with E-state index < -0.39 is 0 Å². The molecule has 3 rings (SSSR count). The minimum Gasteiger partial charge on any atom is -0.408 e. The lowest BCUT2D eigenvalue weighted by atomic mass is 10.1. The van der Waals surface area contributed by atoms with Crippen LogP contribution in [-0.4, -0.2) is 10.4 Å². The molecule has 1 fully saturated rings. The van der Waals surface area contributed by atoms with E-state index in [1.165, 1.54) is 19.8 Å². The number of aromatic nitrogens is 1. The van der Waals surface area contributed by atoms with E-state index in [2.05, 4.69) is 0 Å². The summed E-state index contributed by atoms with van der Waals surface area (Å²) in [5, 5.41) is 0. The quantitative estimate of drug-likeness (QED) is 0.761. The molecule has 1 aromatic carbocycles. The molecule has 1 aliphatic rings. The first-order valence-corrected chi connectivity index (χ1v) is 5.79. The molecule has 1 heterocycles. The molecular weight excluding hydrogens is 218 g/mol. The molecular formula is C13H13NO3. The number of fused-ring (bicyclic) bond motifs is 1. The zero-order valence-electron chi connectivity index (χ0n) is 9.60. The second-order valence-corrected chi connectivity index (χ2v) is 4.66. The average molecular weight is 231 g/mol. The van der Waals surface area contributed by atoms with Gasteiger partial charge in [0.1, 0.15) is 0 Å². The summed E-state index contributed by atoms with van der Waals surface area (Å²) < 4.78 is 6.84. The third-order valence-corrected chi connectivity index (χ3v) is 3.21. The van der Waals surface area contributed by atoms with Gasteiger partial charge >= 0.3 is 5.76 Å². The number of hydrogen-bond acceptors (Lipinski definition) is 3. The van der Waals surface area contributed by atoms with Crippen LogP contribution in [0.5, 0.6) is 0 Å². The number of rotatable bonds is 3. The molecule has 88 valence electrons. The van der Waals surface area contributed by atoms with Gasteiger partial charge in [0, 0.05) is 12.1 Å². The standard InChI is InChI=1S/C13H13NO3/c1-8(15)10-4-5-11-12(6-10)17-13(16)14(11)7-9-2-3-9/h4-6,9H,2-3,7H2,1H3. The Balaban J connectivity index is 2.13. The number of oxazole rings is 1. The third-order valence-electron chi connectivity index (χ3n) is 3.21. The lowest BCUT2D eigenvalue weighted by Crippen LogP contribution is -2.15. The number of carbonyl (C=O) groups excluding carboxylic acids is 1. The first-order chi connectivity index (χ1) is 8.15. The molecule has 0 saturated heterocycles. The van der Waals surface area contributed by atoms with Gasteiger partial charge in [0.15, 0.2) is 11.4 Å². The second kappa shape index (κ2) is 3.58. The van der Waals surface area contributed by atoms with Crippen molar-refractivity contribution in [1.82, 2.24) is 4.57 Å². The van der Waals surface area contributed by atoms with Crippen LogP contribution in [0.4, 0.5) is 0 Å². The average Bonchev–Trinajstić information content (AvgIpc) is 3.04. The van der Waals surface area contributed by atoms with Gasteiger partial charge in [-0.2, -0.15) is 0 Å². The van der Waals surface area contributed by atoms with Gasteiger partial charge in [-0.25, -0.2) is 4.79 Å². The van der Waals surface area contributed by atoms with Crippen LogP contribution in [0.3, 0.4) is 0 Å². The zero-order chi connectivity index (χ0) is 12.0. The smallest absolute Gasteiger partial charge is 0.408 e. The second-order valence-electron chi connectivity index (χ2n) is 4.66. The van der Waals surface area contributed by atoms with Crippen molar-refractivity contribution < 1.29 is 9.21 Å². The highest BCUT2D eigenvalue weighted by atomic mass is 16.4. The van der Waals surface area contributed by atoms with Gasteiger partial charge in [0.2, 0.25) is 0 Å². The van der Waals surface area contributed by atoms with Crippen molar-refractivity contribution in [2.24, 2.45) is 5.92 Å². The summed E-state index contributed by atoms with van der Waals surface area (Å²) >= 11 is 0. The fourth-order valence-corrected chi connectivity index (χ4v) is 2.02. The van der Waals surface area contributed by atoms with Crippen LogP contribution in [0.1, 0.15) is 30.1 Å². The maximum atomic E-state index is 11.7. The van der Waals surface area contributed by atoms with E-state index in [-0.39, 0.29) is 11.5 Å². The van der Waals surface area contributed by atoms with Crippen molar-refractivity contribution in [3.05, 3.63) is 34.3 Å². The summed E-state index contributed by atoms with van der Waals surface area (Å²) in [5.74, 6) is 0.262. The van der Waals surface area contributed by atoms with E-state index in [0.29, 0.717) is 17.1 Å². The van der Waals surface area contributed by atoms with Gasteiger partial charge in [0.25, 0.3) is 0 Å². The summed E-state index contributed by atoms with van der Waals surface area (Å²) in [7, 11) is 0. The maximum absolute atomic E-state index is 11.7. The van der Waals surface area contributed by atoms with Crippen LogP contribution in [0.25, 0.3) is 11.1 Å². The van der Waals surface area contributed by atoms with E-state index in [1.54, 1.807) is 22.8 Å². The SMILES string of the molecule is CC(=O)c1ccc2c(c1)oc(=O)n2CC1CC1. The van der Waals surface area contributed by atoms with Gasteiger partial charge in [-0.3, -0.25) is 9.36 Å². The molecule has 1 saturated carbocycles. The van der Waals surface area contributed by atoms with Crippen molar-refractivity contribution in [2.45, 2.75) is 26.3 Å². The molecule has 0 N–H and O–H groups in total. The summed E-state index contributed by atoms with van der Waals surface area (Å²) in [4.78, 5) is 22.9. The van der Waals surface area contributed by atoms with Crippen LogP contribution in [-0.2, 0) is 6.54 Å². The highest BCUT2D eigenvalue weighted by Gasteiger charge is 2.24. The Morgan fingerprint density at radius 3 is 2.88 bits per heavy atom. The summed E-state index contributed by atoms with van der Waals surface area (Å²) in [6.45, 7) is 2.23. The highest BCUT2D eigenvalue weighted by Crippen LogP contribution is 2.31. The molecule has 0 radical (unpaired) electrons. The number of benzene rings is 1. The largest absolute Gasteiger partial charge is 0.419 e. The number of carbonyl (C=O) groups is 1. The van der Waals surface area contributed by atoms with E-state index in [9.17, 15) is 9.59 Å². The van der Waals surface area contributed by atoms with Crippen molar-refractivity contribution in [3.63, 3.8) is 0 Å². The molecule has 1 aromatic heterocycles. The number of ketones is 1. The van der Waals surface area contributed by atoms with Crippen molar-refractivity contribution in [1.29, 1.82) is 0 Å². The van der Waals surface area contributed by atoms with Crippen molar-refractivity contribution >= 4 is 16.9 Å². The molecule has 0 aliphatic heterocycles. The Hall–Kier alpha value is -1.84. The van der Waals surface area contributed by atoms with Crippen LogP contribution < -0.4 is 5.76 Å². The topological polar surface area (TPSA) is 52.2 Å². The van der Waals surface area contributed by atoms with E-state index in [0.717, 1.165) is 12.1 Å². The monoisotopic (exact) mass is 231 g/mol. The van der Waals surface area contributed by atoms with Gasteiger partial charge in [-0.05, 0) is 43.9 Å². The number of nitrogens with zero attached hydrogens (tertiary/aromatic N) is 1. The number of Topliss-reactive ketones (excluding diaryl/α,β-unsaturated/α-hetero) is 1. The minimum absolute atomic E-state index is 0.0236. The van der Waals surface area contributed by atoms with Gasteiger partial charge in [-0.1, -0.05) is 0 Å². The van der Waals surface area contributed by atoms with Gasteiger partial charge < -0.3 is 4.42 Å². The molecule has 0 bridgehead atoms. The molecule has 4 heteroatoms. The van der Waals surface area contributed by atoms with E-state index in [1.807, 2.05) is 0 Å². The zero-order valence-corrected chi connectivity index (χ0v) is 9.60. The fourth-order valence-electron chi connectivity index (χ4n) is 2.02. The van der Waals surface area contributed by atoms with Gasteiger partial charge in [-0.15, -0.1) is 0 Å². The Morgan fingerprint density at radius 2 is 2.24 bits per heavy atom. The fraction of sp³-hybridized carbons (Fsp3) is 0.385. The van der Waals surface area contributed by atoms with Crippen LogP contribution in [0.2, 0.25) is 0 Å². The third kappa shape index (κ3) is 1.79. The van der Waals surface area contributed by atoms with Gasteiger partial charge in [0.05, 0.1) is 5.52 Å². The van der Waals surface area contributed by atoms with E-state index in [4.69, 9.17) is 4.42 Å². The summed E-state index contributed by atoms with van der Waals surface area (Å²) in [6, 6.07) is 5.17. The predicted octanol–water partition coefficient (Wildman–Crippen LogP) is 2.21. The normalized spacial score (nSPS) is 15.4. The van der Waals surface area contributed by atoms with Crippen LogP contribution >= 0.6 is 0 Å². The molecule has 0 spiro atoms. The molecule has 0 atom stereocenters. The molecule has 0 amide bonds. The lowest BCUT2D eigenvalue weighted by molar-refractivity contribution is 0.101. The molecule has 0 unspecified atom stereocenters. The molecule has 1 aliphatic carbocycles. The predicted molar refractivity (Wildman–Crippen MR) is 63.2 cm³/mol. The highest BCUT2D eigenvalue weighted by molar-refractivity contribution is 5.96. The van der Waals surface area contributed by atoms with Crippen LogP contribution in [0, 0.1) is 5.92 Å². The molecule has 2 aromatic rings. The Bertz CT molecular complexity index is 646. The Kier molecular flexibility index (Phi) is 2.18. The summed E-state index contributed by atoms with van der Waals surface area (Å²) in [5.41, 5.74) is 1.86. The van der Waals surface area contributed by atoms with Crippen LogP contribution in [0.15, 0.2) is 27.4 Å².